The summed E-state index contributed by atoms with van der Waals surface area (Å²) in [5.41, 5.74) is 1.96. The fourth-order valence-electron chi connectivity index (χ4n) is 5.27. The summed E-state index contributed by atoms with van der Waals surface area (Å²) in [5.74, 6) is -2.11. The van der Waals surface area contributed by atoms with E-state index in [1.165, 1.54) is 7.11 Å². The highest BCUT2D eigenvalue weighted by Crippen LogP contribution is 2.38. The molecule has 214 valence electrons. The first kappa shape index (κ1) is 28.3. The molecule has 0 saturated carbocycles. The number of aromatic amines is 1. The molecule has 0 spiro atoms. The molecule has 3 N–H and O–H groups in total. The van der Waals surface area contributed by atoms with E-state index < -0.39 is 29.7 Å². The Kier molecular flexibility index (Phi) is 8.34. The van der Waals surface area contributed by atoms with Crippen LogP contribution in [0.15, 0.2) is 48.7 Å². The third-order valence-corrected chi connectivity index (χ3v) is 7.61. The van der Waals surface area contributed by atoms with Crippen LogP contribution in [0.5, 0.6) is 0 Å². The number of amides is 3. The van der Waals surface area contributed by atoms with Crippen molar-refractivity contribution in [1.82, 2.24) is 14.9 Å². The Labute approximate surface area is 239 Å². The molecule has 1 saturated heterocycles. The molecular formula is C29H28ClF2N5O4. The summed E-state index contributed by atoms with van der Waals surface area (Å²) >= 11 is 5.89. The van der Waals surface area contributed by atoms with E-state index >= 15 is 0 Å². The van der Waals surface area contributed by atoms with Crippen LogP contribution in [-0.4, -0.2) is 46.4 Å². The standard InChI is InChI=1S/C29H28ClF2N5O4/c1-41-29(40)34-17-7-8-18-21(14-17)35-24(38)6-4-2-3-5-23(28-33-15-22(18)36-28)37-12-11-16(13-25(37)39)26-20(31)10-9-19(30)27(26)32/h2-3,7-10,14-16,23H,4-6,11-13H2,1H3,(H,33,36)(H,34,40)(H,35,38)/b3-2+/t16-,23-/m0/s1. The van der Waals surface area contributed by atoms with Crippen LogP contribution in [0.25, 0.3) is 11.3 Å². The molecule has 9 nitrogen and oxygen atoms in total. The summed E-state index contributed by atoms with van der Waals surface area (Å²) in [6.07, 6.45) is 6.15. The van der Waals surface area contributed by atoms with Gasteiger partial charge in [-0.05, 0) is 49.6 Å². The van der Waals surface area contributed by atoms with E-state index in [4.69, 9.17) is 11.6 Å². The van der Waals surface area contributed by atoms with E-state index in [0.717, 1.165) is 12.1 Å². The summed E-state index contributed by atoms with van der Waals surface area (Å²) in [6, 6.07) is 6.85. The maximum Gasteiger partial charge on any atom is 0.411 e. The molecule has 2 aliphatic rings. The number of ether oxygens (including phenoxy) is 1. The average molecular weight is 584 g/mol. The van der Waals surface area contributed by atoms with Gasteiger partial charge in [-0.15, -0.1) is 0 Å². The van der Waals surface area contributed by atoms with E-state index in [9.17, 15) is 23.2 Å². The quantitative estimate of drug-likeness (QED) is 0.247. The third-order valence-electron chi connectivity index (χ3n) is 7.31. The van der Waals surface area contributed by atoms with Crippen molar-refractivity contribution in [1.29, 1.82) is 0 Å². The summed E-state index contributed by atoms with van der Waals surface area (Å²) in [7, 11) is 1.25. The number of nitrogens with zero attached hydrogens (tertiary/aromatic N) is 2. The number of allylic oxidation sites excluding steroid dienone is 1. The lowest BCUT2D eigenvalue weighted by Gasteiger charge is -2.36. The monoisotopic (exact) mass is 583 g/mol. The molecular weight excluding hydrogens is 556 g/mol. The molecule has 0 aliphatic carbocycles. The van der Waals surface area contributed by atoms with Gasteiger partial charge in [-0.3, -0.25) is 14.9 Å². The zero-order chi connectivity index (χ0) is 29.1. The number of methoxy groups -OCH3 is 1. The molecule has 2 aliphatic heterocycles. The second-order valence-corrected chi connectivity index (χ2v) is 10.3. The third kappa shape index (κ3) is 6.09. The number of anilines is 2. The smallest absolute Gasteiger partial charge is 0.411 e. The second-order valence-electron chi connectivity index (χ2n) is 9.90. The first-order valence-corrected chi connectivity index (χ1v) is 13.5. The van der Waals surface area contributed by atoms with E-state index in [2.05, 4.69) is 25.3 Å². The number of hydrogen-bond acceptors (Lipinski definition) is 5. The first-order chi connectivity index (χ1) is 19.7. The molecule has 3 heterocycles. The van der Waals surface area contributed by atoms with Crippen molar-refractivity contribution < 1.29 is 27.9 Å². The molecule has 2 bridgehead atoms. The predicted molar refractivity (Wildman–Crippen MR) is 149 cm³/mol. The molecule has 3 aromatic rings. The molecule has 2 atom stereocenters. The highest BCUT2D eigenvalue weighted by atomic mass is 35.5. The van der Waals surface area contributed by atoms with E-state index in [1.54, 1.807) is 29.3 Å². The van der Waals surface area contributed by atoms with Crippen molar-refractivity contribution in [2.75, 3.05) is 24.3 Å². The molecule has 41 heavy (non-hydrogen) atoms. The van der Waals surface area contributed by atoms with Crippen molar-refractivity contribution in [3.8, 4) is 11.3 Å². The lowest BCUT2D eigenvalue weighted by molar-refractivity contribution is -0.136. The Balaban J connectivity index is 1.44. The van der Waals surface area contributed by atoms with Gasteiger partial charge in [0.2, 0.25) is 11.8 Å². The lowest BCUT2D eigenvalue weighted by atomic mass is 9.87. The molecule has 2 aromatic carbocycles. The second kappa shape index (κ2) is 12.1. The fraction of sp³-hybridized carbons (Fsp3) is 0.310. The number of halogens is 3. The van der Waals surface area contributed by atoms with Gasteiger partial charge in [-0.25, -0.2) is 18.6 Å². The van der Waals surface area contributed by atoms with Crippen LogP contribution in [0.2, 0.25) is 5.02 Å². The Morgan fingerprint density at radius 3 is 2.80 bits per heavy atom. The SMILES string of the molecule is COC(=O)Nc1ccc2c(c1)NC(=O)CC/C=C/C[C@H](N1CC[C@H](c3c(F)ccc(Cl)c3F)CC1=O)c1ncc-2[nH]1. The summed E-state index contributed by atoms with van der Waals surface area (Å²) in [6.45, 7) is 0.266. The molecule has 1 aromatic heterocycles. The van der Waals surface area contributed by atoms with Gasteiger partial charge >= 0.3 is 6.09 Å². The maximum absolute atomic E-state index is 14.7. The minimum Gasteiger partial charge on any atom is -0.453 e. The van der Waals surface area contributed by atoms with Gasteiger partial charge in [0.1, 0.15) is 17.5 Å². The van der Waals surface area contributed by atoms with Crippen molar-refractivity contribution >= 4 is 40.9 Å². The predicted octanol–water partition coefficient (Wildman–Crippen LogP) is 6.31. The number of H-pyrrole nitrogens is 1. The van der Waals surface area contributed by atoms with E-state index in [0.29, 0.717) is 47.7 Å². The number of benzene rings is 2. The Bertz CT molecular complexity index is 1520. The van der Waals surface area contributed by atoms with Crippen LogP contribution < -0.4 is 10.6 Å². The van der Waals surface area contributed by atoms with Gasteiger partial charge in [0.25, 0.3) is 0 Å². The number of imidazole rings is 1. The number of piperidine rings is 1. The summed E-state index contributed by atoms with van der Waals surface area (Å²) < 4.78 is 33.9. The van der Waals surface area contributed by atoms with Crippen molar-refractivity contribution in [3.63, 3.8) is 0 Å². The van der Waals surface area contributed by atoms with Gasteiger partial charge in [0, 0.05) is 42.1 Å². The highest BCUT2D eigenvalue weighted by Gasteiger charge is 2.35. The van der Waals surface area contributed by atoms with Crippen LogP contribution in [0.1, 0.15) is 55.5 Å². The largest absolute Gasteiger partial charge is 0.453 e. The molecule has 0 unspecified atom stereocenters. The topological polar surface area (TPSA) is 116 Å². The number of nitrogens with one attached hydrogen (secondary N) is 3. The van der Waals surface area contributed by atoms with Crippen LogP contribution in [-0.2, 0) is 14.3 Å². The average Bonchev–Trinajstić information content (AvgIpc) is 3.43. The van der Waals surface area contributed by atoms with Crippen LogP contribution in [0.4, 0.5) is 25.0 Å². The van der Waals surface area contributed by atoms with Gasteiger partial charge < -0.3 is 19.9 Å². The van der Waals surface area contributed by atoms with Gasteiger partial charge in [-0.1, -0.05) is 23.8 Å². The van der Waals surface area contributed by atoms with Gasteiger partial charge in [0.15, 0.2) is 0 Å². The number of aromatic nitrogens is 2. The van der Waals surface area contributed by atoms with E-state index in [1.807, 2.05) is 12.2 Å². The number of rotatable bonds is 3. The fourth-order valence-corrected chi connectivity index (χ4v) is 5.44. The Morgan fingerprint density at radius 2 is 2.02 bits per heavy atom. The van der Waals surface area contributed by atoms with Crippen molar-refractivity contribution in [2.45, 2.75) is 44.1 Å². The van der Waals surface area contributed by atoms with Gasteiger partial charge in [-0.2, -0.15) is 0 Å². The lowest BCUT2D eigenvalue weighted by Crippen LogP contribution is -2.41. The summed E-state index contributed by atoms with van der Waals surface area (Å²) in [4.78, 5) is 47.3. The normalized spacial score (nSPS) is 20.1. The van der Waals surface area contributed by atoms with Crippen LogP contribution in [0, 0.1) is 11.6 Å². The van der Waals surface area contributed by atoms with E-state index in [-0.39, 0.29) is 41.8 Å². The maximum atomic E-state index is 14.7. The zero-order valence-electron chi connectivity index (χ0n) is 22.2. The number of fused-ring (bicyclic) bond motifs is 4. The zero-order valence-corrected chi connectivity index (χ0v) is 22.9. The minimum absolute atomic E-state index is 0.0702. The number of carbonyl (C=O) groups is 3. The Hall–Kier alpha value is -4.25. The number of hydrogen-bond donors (Lipinski definition) is 3. The summed E-state index contributed by atoms with van der Waals surface area (Å²) in [5, 5.41) is 5.30. The van der Waals surface area contributed by atoms with Crippen LogP contribution >= 0.6 is 11.6 Å². The first-order valence-electron chi connectivity index (χ1n) is 13.2. The van der Waals surface area contributed by atoms with Crippen molar-refractivity contribution in [3.05, 3.63) is 76.7 Å². The van der Waals surface area contributed by atoms with Gasteiger partial charge in [0.05, 0.1) is 35.8 Å². The Morgan fingerprint density at radius 1 is 1.20 bits per heavy atom. The minimum atomic E-state index is -0.828. The molecule has 3 amide bonds. The van der Waals surface area contributed by atoms with Crippen LogP contribution in [0.3, 0.4) is 0 Å². The number of likely N-dealkylation sites (tertiary alicyclic amines) is 1. The van der Waals surface area contributed by atoms with Crippen molar-refractivity contribution in [2.24, 2.45) is 0 Å². The molecule has 12 heteroatoms. The molecule has 0 radical (unpaired) electrons. The highest BCUT2D eigenvalue weighted by molar-refractivity contribution is 6.30. The molecule has 5 rings (SSSR count). The number of carbonyl (C=O) groups excluding carboxylic acids is 3. The molecule has 1 fully saturated rings.